The van der Waals surface area contributed by atoms with Crippen molar-refractivity contribution >= 4 is 5.91 Å². The lowest BCUT2D eigenvalue weighted by Gasteiger charge is -2.33. The molecule has 6 heteroatoms. The molecule has 0 bridgehead atoms. The number of aryl methyl sites for hydroxylation is 1. The molecule has 1 aliphatic rings. The van der Waals surface area contributed by atoms with E-state index in [-0.39, 0.29) is 5.91 Å². The molecule has 0 N–H and O–H groups in total. The Kier molecular flexibility index (Phi) is 6.27. The van der Waals surface area contributed by atoms with E-state index in [1.54, 1.807) is 25.1 Å². The Balaban J connectivity index is 1.87. The van der Waals surface area contributed by atoms with E-state index in [0.717, 1.165) is 44.0 Å². The number of halogens is 3. The number of piperidine rings is 1. The van der Waals surface area contributed by atoms with Gasteiger partial charge in [0.05, 0.1) is 12.1 Å². The van der Waals surface area contributed by atoms with Gasteiger partial charge in [0.2, 0.25) is 5.91 Å². The molecule has 134 valence electrons. The topological polar surface area (TPSA) is 23.6 Å². The van der Waals surface area contributed by atoms with Crippen LogP contribution < -0.4 is 0 Å². The number of benzene rings is 1. The van der Waals surface area contributed by atoms with Gasteiger partial charge in [0.15, 0.2) is 0 Å². The van der Waals surface area contributed by atoms with Crippen LogP contribution in [0.5, 0.6) is 0 Å². The quantitative estimate of drug-likeness (QED) is 0.818. The van der Waals surface area contributed by atoms with Crippen LogP contribution in [0.4, 0.5) is 13.2 Å². The lowest BCUT2D eigenvalue weighted by Crippen LogP contribution is -2.42. The van der Waals surface area contributed by atoms with Gasteiger partial charge in [-0.1, -0.05) is 18.2 Å². The van der Waals surface area contributed by atoms with Gasteiger partial charge in [-0.3, -0.25) is 9.69 Å². The van der Waals surface area contributed by atoms with Crippen LogP contribution in [0, 0.1) is 5.92 Å². The summed E-state index contributed by atoms with van der Waals surface area (Å²) in [5.74, 6) is 0.525. The Morgan fingerprint density at radius 3 is 2.75 bits per heavy atom. The second-order valence-corrected chi connectivity index (χ2v) is 6.77. The summed E-state index contributed by atoms with van der Waals surface area (Å²) in [5.41, 5.74) is 0.146. The van der Waals surface area contributed by atoms with Crippen LogP contribution in [0.1, 0.15) is 30.4 Å². The van der Waals surface area contributed by atoms with E-state index in [2.05, 4.69) is 4.90 Å². The summed E-state index contributed by atoms with van der Waals surface area (Å²) in [4.78, 5) is 15.6. The maximum absolute atomic E-state index is 12.8. The number of nitrogens with zero attached hydrogens (tertiary/aromatic N) is 2. The van der Waals surface area contributed by atoms with E-state index in [0.29, 0.717) is 18.9 Å². The van der Waals surface area contributed by atoms with Crippen LogP contribution in [0.25, 0.3) is 0 Å². The third-order valence-electron chi connectivity index (χ3n) is 4.56. The van der Waals surface area contributed by atoms with Gasteiger partial charge in [0.25, 0.3) is 0 Å². The maximum Gasteiger partial charge on any atom is 0.416 e. The van der Waals surface area contributed by atoms with Gasteiger partial charge in [-0.25, -0.2) is 0 Å². The SMILES string of the molecule is CN(C)C(=O)CN1CCCC(CCc2cccc(C(F)(F)F)c2)C1. The summed E-state index contributed by atoms with van der Waals surface area (Å²) >= 11 is 0. The van der Waals surface area contributed by atoms with Gasteiger partial charge in [-0.2, -0.15) is 13.2 Å². The van der Waals surface area contributed by atoms with E-state index in [1.807, 2.05) is 0 Å². The maximum atomic E-state index is 12.8. The van der Waals surface area contributed by atoms with Crippen LogP contribution in [-0.4, -0.2) is 49.4 Å². The van der Waals surface area contributed by atoms with E-state index in [4.69, 9.17) is 0 Å². The van der Waals surface area contributed by atoms with Crippen LogP contribution in [-0.2, 0) is 17.4 Å². The lowest BCUT2D eigenvalue weighted by molar-refractivity contribution is -0.137. The molecular weight excluding hydrogens is 317 g/mol. The molecule has 1 amide bonds. The minimum absolute atomic E-state index is 0.0912. The van der Waals surface area contributed by atoms with Crippen molar-refractivity contribution in [1.82, 2.24) is 9.80 Å². The average Bonchev–Trinajstić information content (AvgIpc) is 2.52. The van der Waals surface area contributed by atoms with Crippen molar-refractivity contribution in [3.05, 3.63) is 35.4 Å². The minimum Gasteiger partial charge on any atom is -0.348 e. The fraction of sp³-hybridized carbons (Fsp3) is 0.611. The minimum atomic E-state index is -4.29. The summed E-state index contributed by atoms with van der Waals surface area (Å²) in [5, 5.41) is 0. The summed E-state index contributed by atoms with van der Waals surface area (Å²) in [6, 6.07) is 5.58. The van der Waals surface area contributed by atoms with Crippen molar-refractivity contribution in [2.75, 3.05) is 33.7 Å². The Morgan fingerprint density at radius 1 is 1.33 bits per heavy atom. The zero-order valence-corrected chi connectivity index (χ0v) is 14.3. The van der Waals surface area contributed by atoms with Crippen molar-refractivity contribution in [2.45, 2.75) is 31.9 Å². The summed E-state index contributed by atoms with van der Waals surface area (Å²) in [6.45, 7) is 2.19. The zero-order valence-electron chi connectivity index (χ0n) is 14.3. The first-order valence-corrected chi connectivity index (χ1v) is 8.34. The van der Waals surface area contributed by atoms with Crippen LogP contribution in [0.3, 0.4) is 0 Å². The molecular formula is C18H25F3N2O. The van der Waals surface area contributed by atoms with Gasteiger partial charge >= 0.3 is 6.18 Å². The molecule has 0 spiro atoms. The Hall–Kier alpha value is -1.56. The van der Waals surface area contributed by atoms with E-state index in [9.17, 15) is 18.0 Å². The second kappa shape index (κ2) is 8.01. The molecule has 1 unspecified atom stereocenters. The molecule has 0 aliphatic carbocycles. The number of carbonyl (C=O) groups is 1. The van der Waals surface area contributed by atoms with Crippen LogP contribution >= 0.6 is 0 Å². The molecule has 0 saturated carbocycles. The highest BCUT2D eigenvalue weighted by Gasteiger charge is 2.30. The molecule has 1 aliphatic heterocycles. The Morgan fingerprint density at radius 2 is 2.08 bits per heavy atom. The number of likely N-dealkylation sites (tertiary alicyclic amines) is 1. The summed E-state index contributed by atoms with van der Waals surface area (Å²) in [7, 11) is 3.49. The highest BCUT2D eigenvalue weighted by atomic mass is 19.4. The number of likely N-dealkylation sites (N-methyl/N-ethyl adjacent to an activating group) is 1. The molecule has 0 radical (unpaired) electrons. The molecule has 24 heavy (non-hydrogen) atoms. The smallest absolute Gasteiger partial charge is 0.348 e. The molecule has 1 aromatic carbocycles. The number of amides is 1. The molecule has 1 aromatic rings. The number of rotatable bonds is 5. The van der Waals surface area contributed by atoms with Crippen molar-refractivity contribution < 1.29 is 18.0 Å². The highest BCUT2D eigenvalue weighted by molar-refractivity contribution is 5.77. The second-order valence-electron chi connectivity index (χ2n) is 6.77. The van der Waals surface area contributed by atoms with Gasteiger partial charge in [0, 0.05) is 20.6 Å². The predicted molar refractivity (Wildman–Crippen MR) is 87.6 cm³/mol. The number of alkyl halides is 3. The molecule has 1 heterocycles. The number of hydrogen-bond acceptors (Lipinski definition) is 2. The zero-order chi connectivity index (χ0) is 17.7. The highest BCUT2D eigenvalue weighted by Crippen LogP contribution is 2.30. The average molecular weight is 342 g/mol. The summed E-state index contributed by atoms with van der Waals surface area (Å²) in [6.07, 6.45) is -0.679. The predicted octanol–water partition coefficient (Wildman–Crippen LogP) is 3.44. The third kappa shape index (κ3) is 5.51. The van der Waals surface area contributed by atoms with Gasteiger partial charge in [-0.05, 0) is 49.8 Å². The van der Waals surface area contributed by atoms with Crippen molar-refractivity contribution in [2.24, 2.45) is 5.92 Å². The Labute approximate surface area is 141 Å². The Bertz CT molecular complexity index is 557. The van der Waals surface area contributed by atoms with Crippen molar-refractivity contribution in [1.29, 1.82) is 0 Å². The monoisotopic (exact) mass is 342 g/mol. The lowest BCUT2D eigenvalue weighted by atomic mass is 9.91. The van der Waals surface area contributed by atoms with E-state index < -0.39 is 11.7 Å². The van der Waals surface area contributed by atoms with Crippen molar-refractivity contribution in [3.8, 4) is 0 Å². The molecule has 1 atom stereocenters. The molecule has 1 saturated heterocycles. The fourth-order valence-corrected chi connectivity index (χ4v) is 3.14. The van der Waals surface area contributed by atoms with Crippen LogP contribution in [0.2, 0.25) is 0 Å². The van der Waals surface area contributed by atoms with Crippen molar-refractivity contribution in [3.63, 3.8) is 0 Å². The molecule has 3 nitrogen and oxygen atoms in total. The number of carbonyl (C=O) groups excluding carboxylic acids is 1. The van der Waals surface area contributed by atoms with E-state index >= 15 is 0 Å². The largest absolute Gasteiger partial charge is 0.416 e. The van der Waals surface area contributed by atoms with Gasteiger partial charge < -0.3 is 4.90 Å². The van der Waals surface area contributed by atoms with Crippen LogP contribution in [0.15, 0.2) is 24.3 Å². The first-order chi connectivity index (χ1) is 11.3. The molecule has 0 aromatic heterocycles. The normalized spacial score (nSPS) is 19.3. The first kappa shape index (κ1) is 18.8. The number of hydrogen-bond donors (Lipinski definition) is 0. The summed E-state index contributed by atoms with van der Waals surface area (Å²) < 4.78 is 38.3. The first-order valence-electron chi connectivity index (χ1n) is 8.34. The van der Waals surface area contributed by atoms with Gasteiger partial charge in [-0.15, -0.1) is 0 Å². The standard InChI is InChI=1S/C18H25F3N2O/c1-22(2)17(24)13-23-10-4-6-15(12-23)9-8-14-5-3-7-16(11-14)18(19,20)21/h3,5,7,11,15H,4,6,8-10,12-13H2,1-2H3. The third-order valence-corrected chi connectivity index (χ3v) is 4.56. The fourth-order valence-electron chi connectivity index (χ4n) is 3.14. The molecule has 1 fully saturated rings. The molecule has 2 rings (SSSR count). The van der Waals surface area contributed by atoms with Gasteiger partial charge in [0.1, 0.15) is 0 Å². The van der Waals surface area contributed by atoms with E-state index in [1.165, 1.54) is 12.1 Å².